The van der Waals surface area contributed by atoms with E-state index in [2.05, 4.69) is 71.8 Å². The van der Waals surface area contributed by atoms with Crippen LogP contribution in [0.15, 0.2) is 42.5 Å². The Morgan fingerprint density at radius 1 is 1.18 bits per heavy atom. The van der Waals surface area contributed by atoms with Crippen molar-refractivity contribution in [1.29, 1.82) is 0 Å². The van der Waals surface area contributed by atoms with E-state index >= 15 is 0 Å². The standard InChI is InChI=1S/C18H23N3S/c1-13(2)21-10-9-17(12-21)20-18(22)19-16-8-7-14-5-3-4-6-15(14)11-16/h3-8,11,13,17H,9-10,12H2,1-2H3,(H2,19,20,22)/t17-/m0/s1. The molecule has 0 aliphatic carbocycles. The van der Waals surface area contributed by atoms with Gasteiger partial charge in [-0.05, 0) is 55.4 Å². The third kappa shape index (κ3) is 3.57. The van der Waals surface area contributed by atoms with E-state index in [-0.39, 0.29) is 0 Å². The maximum atomic E-state index is 5.46. The van der Waals surface area contributed by atoms with E-state index in [9.17, 15) is 0 Å². The molecule has 116 valence electrons. The first-order valence-electron chi connectivity index (χ1n) is 7.92. The Morgan fingerprint density at radius 2 is 1.95 bits per heavy atom. The van der Waals surface area contributed by atoms with E-state index in [1.54, 1.807) is 0 Å². The molecule has 3 nitrogen and oxygen atoms in total. The number of nitrogens with one attached hydrogen (secondary N) is 2. The molecule has 22 heavy (non-hydrogen) atoms. The maximum absolute atomic E-state index is 5.46. The molecule has 0 aromatic heterocycles. The summed E-state index contributed by atoms with van der Waals surface area (Å²) in [5, 5.41) is 9.93. The van der Waals surface area contributed by atoms with Crippen LogP contribution in [0.25, 0.3) is 10.8 Å². The second kappa shape index (κ2) is 6.63. The summed E-state index contributed by atoms with van der Waals surface area (Å²) in [5.41, 5.74) is 1.04. The molecule has 0 unspecified atom stereocenters. The molecule has 0 amide bonds. The molecule has 1 saturated heterocycles. The van der Waals surface area contributed by atoms with Gasteiger partial charge in [0.25, 0.3) is 0 Å². The Kier molecular flexibility index (Phi) is 4.60. The van der Waals surface area contributed by atoms with Gasteiger partial charge in [-0.3, -0.25) is 4.90 Å². The second-order valence-corrected chi connectivity index (χ2v) is 6.64. The average molecular weight is 313 g/mol. The molecular weight excluding hydrogens is 290 g/mol. The number of likely N-dealkylation sites (tertiary alicyclic amines) is 1. The van der Waals surface area contributed by atoms with E-state index < -0.39 is 0 Å². The molecule has 1 aliphatic rings. The third-order valence-electron chi connectivity index (χ3n) is 4.29. The van der Waals surface area contributed by atoms with Gasteiger partial charge >= 0.3 is 0 Å². The predicted octanol–water partition coefficient (Wildman–Crippen LogP) is 3.61. The molecule has 0 spiro atoms. The zero-order valence-electron chi connectivity index (χ0n) is 13.2. The van der Waals surface area contributed by atoms with Gasteiger partial charge in [-0.1, -0.05) is 30.3 Å². The van der Waals surface area contributed by atoms with Crippen molar-refractivity contribution < 1.29 is 0 Å². The molecule has 1 atom stereocenters. The highest BCUT2D eigenvalue weighted by Gasteiger charge is 2.24. The highest BCUT2D eigenvalue weighted by molar-refractivity contribution is 7.80. The zero-order valence-corrected chi connectivity index (χ0v) is 14.0. The normalized spacial score (nSPS) is 18.8. The first-order chi connectivity index (χ1) is 10.6. The van der Waals surface area contributed by atoms with Gasteiger partial charge in [0.1, 0.15) is 0 Å². The number of benzene rings is 2. The SMILES string of the molecule is CC(C)N1CC[C@H](NC(=S)Nc2ccc3ccccc3c2)C1. The third-order valence-corrected chi connectivity index (χ3v) is 4.51. The Hall–Kier alpha value is -1.65. The van der Waals surface area contributed by atoms with E-state index in [0.29, 0.717) is 17.2 Å². The van der Waals surface area contributed by atoms with Crippen LogP contribution in [0.4, 0.5) is 5.69 Å². The Labute approximate surface area is 137 Å². The first-order valence-corrected chi connectivity index (χ1v) is 8.33. The zero-order chi connectivity index (χ0) is 15.5. The summed E-state index contributed by atoms with van der Waals surface area (Å²) in [7, 11) is 0. The minimum atomic E-state index is 0.447. The number of rotatable bonds is 3. The minimum absolute atomic E-state index is 0.447. The van der Waals surface area contributed by atoms with Gasteiger partial charge in [-0.15, -0.1) is 0 Å². The summed E-state index contributed by atoms with van der Waals surface area (Å²) >= 11 is 5.46. The van der Waals surface area contributed by atoms with E-state index in [1.807, 2.05) is 0 Å². The second-order valence-electron chi connectivity index (χ2n) is 6.23. The summed E-state index contributed by atoms with van der Waals surface area (Å²) in [6.07, 6.45) is 1.15. The number of hydrogen-bond donors (Lipinski definition) is 2. The van der Waals surface area contributed by atoms with Crippen LogP contribution < -0.4 is 10.6 Å². The molecule has 2 aromatic carbocycles. The van der Waals surface area contributed by atoms with E-state index in [0.717, 1.165) is 25.2 Å². The summed E-state index contributed by atoms with van der Waals surface area (Å²) in [4.78, 5) is 2.48. The highest BCUT2D eigenvalue weighted by atomic mass is 32.1. The fourth-order valence-corrected chi connectivity index (χ4v) is 3.28. The topological polar surface area (TPSA) is 27.3 Å². The fourth-order valence-electron chi connectivity index (χ4n) is 2.99. The summed E-state index contributed by atoms with van der Waals surface area (Å²) in [6.45, 7) is 6.70. The van der Waals surface area contributed by atoms with E-state index in [4.69, 9.17) is 12.2 Å². The van der Waals surface area contributed by atoms with Gasteiger partial charge in [-0.2, -0.15) is 0 Å². The lowest BCUT2D eigenvalue weighted by atomic mass is 10.1. The van der Waals surface area contributed by atoms with Crippen LogP contribution >= 0.6 is 12.2 Å². The predicted molar refractivity (Wildman–Crippen MR) is 98.4 cm³/mol. The van der Waals surface area contributed by atoms with Crippen LogP contribution in [-0.2, 0) is 0 Å². The van der Waals surface area contributed by atoms with Gasteiger partial charge in [0.2, 0.25) is 0 Å². The molecule has 0 bridgehead atoms. The monoisotopic (exact) mass is 313 g/mol. The molecule has 1 aliphatic heterocycles. The first kappa shape index (κ1) is 15.3. The lowest BCUT2D eigenvalue weighted by Crippen LogP contribution is -2.40. The van der Waals surface area contributed by atoms with Crippen molar-refractivity contribution in [2.24, 2.45) is 0 Å². The van der Waals surface area contributed by atoms with Crippen LogP contribution in [-0.4, -0.2) is 35.2 Å². The summed E-state index contributed by atoms with van der Waals surface area (Å²) < 4.78 is 0. The highest BCUT2D eigenvalue weighted by Crippen LogP contribution is 2.19. The van der Waals surface area contributed by atoms with Gasteiger partial charge in [0.15, 0.2) is 5.11 Å². The van der Waals surface area contributed by atoms with Crippen molar-refractivity contribution in [3.63, 3.8) is 0 Å². The van der Waals surface area contributed by atoms with Gasteiger partial charge in [-0.25, -0.2) is 0 Å². The van der Waals surface area contributed by atoms with Crippen LogP contribution in [0.3, 0.4) is 0 Å². The molecule has 3 rings (SSSR count). The lowest BCUT2D eigenvalue weighted by Gasteiger charge is -2.21. The van der Waals surface area contributed by atoms with Crippen molar-refractivity contribution in [3.05, 3.63) is 42.5 Å². The van der Waals surface area contributed by atoms with Crippen molar-refractivity contribution in [1.82, 2.24) is 10.2 Å². The Morgan fingerprint density at radius 3 is 2.68 bits per heavy atom. The largest absolute Gasteiger partial charge is 0.358 e. The number of hydrogen-bond acceptors (Lipinski definition) is 2. The lowest BCUT2D eigenvalue weighted by molar-refractivity contribution is 0.271. The Bertz CT molecular complexity index is 668. The average Bonchev–Trinajstić information content (AvgIpc) is 2.95. The number of thiocarbonyl (C=S) groups is 1. The number of fused-ring (bicyclic) bond motifs is 1. The molecule has 1 heterocycles. The van der Waals surface area contributed by atoms with Gasteiger partial charge in [0, 0.05) is 30.9 Å². The number of anilines is 1. The summed E-state index contributed by atoms with van der Waals surface area (Å²) in [6, 6.07) is 15.7. The van der Waals surface area contributed by atoms with Crippen LogP contribution in [0, 0.1) is 0 Å². The molecule has 4 heteroatoms. The quantitative estimate of drug-likeness (QED) is 0.847. The van der Waals surface area contributed by atoms with Crippen LogP contribution in [0.5, 0.6) is 0 Å². The van der Waals surface area contributed by atoms with E-state index in [1.165, 1.54) is 10.8 Å². The fraction of sp³-hybridized carbons (Fsp3) is 0.389. The molecule has 0 saturated carbocycles. The van der Waals surface area contributed by atoms with Crippen molar-refractivity contribution >= 4 is 33.8 Å². The number of nitrogens with zero attached hydrogens (tertiary/aromatic N) is 1. The molecule has 0 radical (unpaired) electrons. The molecule has 2 aromatic rings. The smallest absolute Gasteiger partial charge is 0.171 e. The van der Waals surface area contributed by atoms with Crippen LogP contribution in [0.1, 0.15) is 20.3 Å². The molecule has 1 fully saturated rings. The van der Waals surface area contributed by atoms with Crippen molar-refractivity contribution in [3.8, 4) is 0 Å². The van der Waals surface area contributed by atoms with Crippen molar-refractivity contribution in [2.75, 3.05) is 18.4 Å². The molecular formula is C18H23N3S. The summed E-state index contributed by atoms with van der Waals surface area (Å²) in [5.74, 6) is 0. The van der Waals surface area contributed by atoms with Gasteiger partial charge in [0.05, 0.1) is 0 Å². The van der Waals surface area contributed by atoms with Crippen molar-refractivity contribution in [2.45, 2.75) is 32.4 Å². The molecule has 2 N–H and O–H groups in total. The minimum Gasteiger partial charge on any atom is -0.358 e. The maximum Gasteiger partial charge on any atom is 0.171 e. The van der Waals surface area contributed by atoms with Gasteiger partial charge < -0.3 is 10.6 Å². The van der Waals surface area contributed by atoms with Crippen LogP contribution in [0.2, 0.25) is 0 Å². The Balaban J connectivity index is 1.59.